The number of benzene rings is 1. The van der Waals surface area contributed by atoms with Gasteiger partial charge >= 0.3 is 5.97 Å². The fourth-order valence-corrected chi connectivity index (χ4v) is 2.96. The van der Waals surface area contributed by atoms with Gasteiger partial charge in [-0.25, -0.2) is 0 Å². The number of carbonyl (C=O) groups excluding carboxylic acids is 1. The summed E-state index contributed by atoms with van der Waals surface area (Å²) >= 11 is 1.17. The van der Waals surface area contributed by atoms with Crippen molar-refractivity contribution < 1.29 is 14.7 Å². The summed E-state index contributed by atoms with van der Waals surface area (Å²) in [5.41, 5.74) is 2.14. The number of amides is 1. The first-order chi connectivity index (χ1) is 9.00. The lowest BCUT2D eigenvalue weighted by molar-refractivity contribution is -0.136. The van der Waals surface area contributed by atoms with E-state index in [2.05, 4.69) is 0 Å². The van der Waals surface area contributed by atoms with Crippen LogP contribution in [-0.2, 0) is 16.0 Å². The van der Waals surface area contributed by atoms with Crippen molar-refractivity contribution in [2.75, 3.05) is 10.7 Å². The van der Waals surface area contributed by atoms with Crippen LogP contribution in [0.15, 0.2) is 24.3 Å². The highest BCUT2D eigenvalue weighted by Crippen LogP contribution is 2.32. The Labute approximate surface area is 116 Å². The molecular weight excluding hydrogens is 262 g/mol. The molecule has 19 heavy (non-hydrogen) atoms. The molecule has 1 aromatic carbocycles. The third-order valence-electron chi connectivity index (χ3n) is 3.28. The van der Waals surface area contributed by atoms with E-state index in [1.807, 2.05) is 31.2 Å². The number of nitrogens with zero attached hydrogens (tertiary/aromatic N) is 1. The third-order valence-corrected chi connectivity index (χ3v) is 4.40. The van der Waals surface area contributed by atoms with Gasteiger partial charge in [-0.05, 0) is 31.9 Å². The van der Waals surface area contributed by atoms with Gasteiger partial charge in [-0.15, -0.1) is 11.8 Å². The second-order valence-corrected chi connectivity index (χ2v) is 6.07. The van der Waals surface area contributed by atoms with E-state index >= 15 is 0 Å². The molecule has 0 unspecified atom stereocenters. The lowest BCUT2D eigenvalue weighted by Gasteiger charge is -2.23. The number of carbonyl (C=O) groups is 2. The van der Waals surface area contributed by atoms with Crippen LogP contribution in [0.5, 0.6) is 0 Å². The first-order valence-corrected chi connectivity index (χ1v) is 7.30. The van der Waals surface area contributed by atoms with Crippen LogP contribution < -0.4 is 4.90 Å². The molecule has 0 aliphatic carbocycles. The lowest BCUT2D eigenvalue weighted by Crippen LogP contribution is -2.37. The highest BCUT2D eigenvalue weighted by molar-refractivity contribution is 8.01. The Balaban J connectivity index is 2.06. The van der Waals surface area contributed by atoms with E-state index in [0.29, 0.717) is 0 Å². The van der Waals surface area contributed by atoms with Crippen molar-refractivity contribution in [2.24, 2.45) is 0 Å². The molecule has 0 bridgehead atoms. The van der Waals surface area contributed by atoms with E-state index in [1.165, 1.54) is 17.3 Å². The number of anilines is 1. The largest absolute Gasteiger partial charge is 0.480 e. The van der Waals surface area contributed by atoms with Crippen molar-refractivity contribution in [3.8, 4) is 0 Å². The van der Waals surface area contributed by atoms with Gasteiger partial charge in [0.25, 0.3) is 0 Å². The van der Waals surface area contributed by atoms with Crippen molar-refractivity contribution in [3.63, 3.8) is 0 Å². The van der Waals surface area contributed by atoms with Crippen molar-refractivity contribution >= 4 is 29.3 Å². The number of carboxylic acid groups (broad SMARTS) is 1. The molecule has 1 amide bonds. The fraction of sp³-hybridized carbons (Fsp3) is 0.429. The summed E-state index contributed by atoms with van der Waals surface area (Å²) in [7, 11) is 0. The molecule has 0 saturated carbocycles. The van der Waals surface area contributed by atoms with Crippen LogP contribution in [0, 0.1) is 0 Å². The van der Waals surface area contributed by atoms with Crippen molar-refractivity contribution in [1.82, 2.24) is 0 Å². The molecule has 2 rings (SSSR count). The summed E-state index contributed by atoms with van der Waals surface area (Å²) in [5, 5.41) is 8.27. The normalized spacial score (nSPS) is 19.1. The Kier molecular flexibility index (Phi) is 4.14. The van der Waals surface area contributed by atoms with E-state index in [-0.39, 0.29) is 17.7 Å². The van der Waals surface area contributed by atoms with Crippen LogP contribution in [-0.4, -0.2) is 34.0 Å². The molecule has 102 valence electrons. The Morgan fingerprint density at radius 1 is 1.47 bits per heavy atom. The number of thioether (sulfide) groups is 1. The van der Waals surface area contributed by atoms with E-state index in [1.54, 1.807) is 11.8 Å². The van der Waals surface area contributed by atoms with Gasteiger partial charge in [0.2, 0.25) is 5.91 Å². The molecule has 0 aromatic heterocycles. The molecular formula is C14H17NO3S. The zero-order chi connectivity index (χ0) is 14.0. The van der Waals surface area contributed by atoms with Crippen LogP contribution in [0.4, 0.5) is 5.69 Å². The van der Waals surface area contributed by atoms with Gasteiger partial charge in [-0.2, -0.15) is 0 Å². The molecule has 1 aromatic rings. The van der Waals surface area contributed by atoms with E-state index < -0.39 is 11.2 Å². The fourth-order valence-electron chi connectivity index (χ4n) is 2.28. The predicted molar refractivity (Wildman–Crippen MR) is 76.6 cm³/mol. The second-order valence-electron chi connectivity index (χ2n) is 4.74. The maximum atomic E-state index is 12.3. The lowest BCUT2D eigenvalue weighted by atomic mass is 10.1. The zero-order valence-electron chi connectivity index (χ0n) is 11.0. The van der Waals surface area contributed by atoms with Crippen LogP contribution in [0.25, 0.3) is 0 Å². The maximum Gasteiger partial charge on any atom is 0.316 e. The number of fused-ring (bicyclic) bond motifs is 1. The van der Waals surface area contributed by atoms with Crippen LogP contribution in [0.2, 0.25) is 0 Å². The van der Waals surface area contributed by atoms with Gasteiger partial charge in [0.1, 0.15) is 0 Å². The minimum atomic E-state index is -0.882. The number of rotatable bonds is 4. The summed E-state index contributed by atoms with van der Waals surface area (Å²) in [6, 6.07) is 8.02. The number of hydrogen-bond donors (Lipinski definition) is 1. The molecule has 0 saturated heterocycles. The smallest absolute Gasteiger partial charge is 0.316 e. The third kappa shape index (κ3) is 2.92. The van der Waals surface area contributed by atoms with Crippen LogP contribution in [0.3, 0.4) is 0 Å². The zero-order valence-corrected chi connectivity index (χ0v) is 11.8. The van der Waals surface area contributed by atoms with E-state index in [4.69, 9.17) is 5.11 Å². The van der Waals surface area contributed by atoms with Crippen molar-refractivity contribution in [1.29, 1.82) is 0 Å². The molecule has 1 N–H and O–H groups in total. The summed E-state index contributed by atoms with van der Waals surface area (Å²) in [4.78, 5) is 24.8. The molecule has 0 spiro atoms. The first kappa shape index (κ1) is 13.9. The van der Waals surface area contributed by atoms with E-state index in [9.17, 15) is 9.59 Å². The molecule has 1 aliphatic rings. The quantitative estimate of drug-likeness (QED) is 0.917. The Bertz CT molecular complexity index is 503. The summed E-state index contributed by atoms with van der Waals surface area (Å²) < 4.78 is 0. The van der Waals surface area contributed by atoms with Gasteiger partial charge in [0.15, 0.2) is 0 Å². The van der Waals surface area contributed by atoms with Gasteiger partial charge in [0, 0.05) is 11.7 Å². The molecule has 1 heterocycles. The second kappa shape index (κ2) is 5.65. The van der Waals surface area contributed by atoms with Crippen molar-refractivity contribution in [2.45, 2.75) is 31.6 Å². The maximum absolute atomic E-state index is 12.3. The van der Waals surface area contributed by atoms with Gasteiger partial charge in [-0.1, -0.05) is 18.2 Å². The Hall–Kier alpha value is -1.49. The Morgan fingerprint density at radius 3 is 2.84 bits per heavy atom. The molecule has 4 nitrogen and oxygen atoms in total. The Morgan fingerprint density at radius 2 is 2.16 bits per heavy atom. The highest BCUT2D eigenvalue weighted by atomic mass is 32.2. The average Bonchev–Trinajstić information content (AvgIpc) is 2.71. The predicted octanol–water partition coefficient (Wildman–Crippen LogP) is 2.17. The first-order valence-electron chi connectivity index (χ1n) is 6.25. The number of hydrogen-bond acceptors (Lipinski definition) is 3. The van der Waals surface area contributed by atoms with Gasteiger partial charge in [-0.3, -0.25) is 9.59 Å². The van der Waals surface area contributed by atoms with Crippen LogP contribution in [0.1, 0.15) is 19.4 Å². The minimum Gasteiger partial charge on any atom is -0.480 e. The highest BCUT2D eigenvalue weighted by Gasteiger charge is 2.30. The number of para-hydroxylation sites is 1. The molecule has 0 radical (unpaired) electrons. The number of aliphatic carboxylic acids is 1. The van der Waals surface area contributed by atoms with Crippen molar-refractivity contribution in [3.05, 3.63) is 29.8 Å². The SMILES string of the molecule is C[C@H](SCC(=O)N1c2ccccc2C[C@H]1C)C(=O)O. The average molecular weight is 279 g/mol. The molecule has 2 atom stereocenters. The van der Waals surface area contributed by atoms with Gasteiger partial charge in [0.05, 0.1) is 11.0 Å². The van der Waals surface area contributed by atoms with E-state index in [0.717, 1.165) is 12.1 Å². The monoisotopic (exact) mass is 279 g/mol. The molecule has 5 heteroatoms. The topological polar surface area (TPSA) is 57.6 Å². The van der Waals surface area contributed by atoms with Crippen LogP contribution >= 0.6 is 11.8 Å². The standard InChI is InChI=1S/C14H17NO3S/c1-9-7-11-5-3-4-6-12(11)15(9)13(16)8-19-10(2)14(17)18/h3-6,9-10H,7-8H2,1-2H3,(H,17,18)/t9-,10+/m1/s1. The molecule has 0 fully saturated rings. The van der Waals surface area contributed by atoms with Gasteiger partial charge < -0.3 is 10.0 Å². The minimum absolute atomic E-state index is 0.0180. The summed E-state index contributed by atoms with van der Waals surface area (Å²) in [5.74, 6) is -0.699. The number of carboxylic acids is 1. The summed E-state index contributed by atoms with van der Waals surface area (Å²) in [6.07, 6.45) is 0.862. The summed E-state index contributed by atoms with van der Waals surface area (Å²) in [6.45, 7) is 3.62. The molecule has 1 aliphatic heterocycles.